The smallest absolute Gasteiger partial charge is 0.186 e. The van der Waals surface area contributed by atoms with Gasteiger partial charge in [0.25, 0.3) is 0 Å². The number of thiazole rings is 1. The van der Waals surface area contributed by atoms with Crippen LogP contribution in [0.25, 0.3) is 11.3 Å². The average molecular weight is 316 g/mol. The van der Waals surface area contributed by atoms with Gasteiger partial charge in [-0.3, -0.25) is 0 Å². The molecule has 22 heavy (non-hydrogen) atoms. The molecule has 1 N–H and O–H groups in total. The van der Waals surface area contributed by atoms with Gasteiger partial charge in [0.2, 0.25) is 0 Å². The van der Waals surface area contributed by atoms with Gasteiger partial charge in [0.05, 0.1) is 38.9 Å². The van der Waals surface area contributed by atoms with E-state index in [0.717, 1.165) is 18.8 Å². The maximum atomic E-state index is 4.86. The number of piperazine rings is 1. The SMILES string of the molecule is C[NH+]1CCN(c2nc(-c3ccc(C(C)(C)C)cc3)cs2)CC1. The molecule has 1 fully saturated rings. The largest absolute Gasteiger partial charge is 0.337 e. The molecule has 2 heterocycles. The maximum absolute atomic E-state index is 4.86. The Morgan fingerprint density at radius 1 is 1.09 bits per heavy atom. The first-order valence-electron chi connectivity index (χ1n) is 8.06. The predicted molar refractivity (Wildman–Crippen MR) is 95.1 cm³/mol. The van der Waals surface area contributed by atoms with Crippen LogP contribution in [0.5, 0.6) is 0 Å². The molecular formula is C18H26N3S+. The van der Waals surface area contributed by atoms with Gasteiger partial charge in [-0.05, 0) is 11.0 Å². The maximum Gasteiger partial charge on any atom is 0.186 e. The Hall–Kier alpha value is -1.39. The molecule has 0 saturated carbocycles. The summed E-state index contributed by atoms with van der Waals surface area (Å²) in [6, 6.07) is 8.86. The first kappa shape index (κ1) is 15.5. The fourth-order valence-electron chi connectivity index (χ4n) is 2.76. The summed E-state index contributed by atoms with van der Waals surface area (Å²) < 4.78 is 0. The van der Waals surface area contributed by atoms with Crippen LogP contribution >= 0.6 is 11.3 Å². The Labute approximate surface area is 137 Å². The molecule has 3 nitrogen and oxygen atoms in total. The quantitative estimate of drug-likeness (QED) is 0.918. The van der Waals surface area contributed by atoms with E-state index in [1.807, 2.05) is 0 Å². The molecule has 0 atom stereocenters. The lowest BCUT2D eigenvalue weighted by Crippen LogP contribution is -3.12. The molecule has 1 aromatic heterocycles. The zero-order valence-electron chi connectivity index (χ0n) is 14.0. The molecule has 1 aliphatic heterocycles. The van der Waals surface area contributed by atoms with Crippen LogP contribution in [0.1, 0.15) is 26.3 Å². The second-order valence-electron chi connectivity index (χ2n) is 7.29. The normalized spacial score (nSPS) is 17.0. The van der Waals surface area contributed by atoms with Crippen molar-refractivity contribution < 1.29 is 4.90 Å². The lowest BCUT2D eigenvalue weighted by Gasteiger charge is -2.29. The predicted octanol–water partition coefficient (Wildman–Crippen LogP) is 2.44. The van der Waals surface area contributed by atoms with Crippen LogP contribution in [0.3, 0.4) is 0 Å². The number of benzene rings is 1. The topological polar surface area (TPSA) is 20.6 Å². The first-order valence-corrected chi connectivity index (χ1v) is 8.94. The van der Waals surface area contributed by atoms with Gasteiger partial charge in [-0.2, -0.15) is 0 Å². The summed E-state index contributed by atoms with van der Waals surface area (Å²) in [5.74, 6) is 0. The lowest BCUT2D eigenvalue weighted by atomic mass is 9.86. The molecule has 1 aliphatic rings. The van der Waals surface area contributed by atoms with Gasteiger partial charge < -0.3 is 9.80 Å². The number of rotatable bonds is 2. The van der Waals surface area contributed by atoms with Crippen molar-refractivity contribution in [2.45, 2.75) is 26.2 Å². The van der Waals surface area contributed by atoms with Crippen molar-refractivity contribution in [1.82, 2.24) is 4.98 Å². The van der Waals surface area contributed by atoms with E-state index in [2.05, 4.69) is 62.4 Å². The Bertz CT molecular complexity index is 617. The van der Waals surface area contributed by atoms with Gasteiger partial charge in [-0.1, -0.05) is 45.0 Å². The van der Waals surface area contributed by atoms with Crippen LogP contribution in [-0.4, -0.2) is 38.2 Å². The number of aromatic nitrogens is 1. The number of nitrogens with one attached hydrogen (secondary N) is 1. The Balaban J connectivity index is 1.76. The molecule has 1 saturated heterocycles. The summed E-state index contributed by atoms with van der Waals surface area (Å²) in [6.07, 6.45) is 0. The average Bonchev–Trinajstić information content (AvgIpc) is 2.97. The van der Waals surface area contributed by atoms with E-state index in [4.69, 9.17) is 4.98 Å². The van der Waals surface area contributed by atoms with Gasteiger partial charge in [0.1, 0.15) is 0 Å². The molecule has 0 bridgehead atoms. The van der Waals surface area contributed by atoms with Gasteiger partial charge in [-0.15, -0.1) is 11.3 Å². The molecule has 118 valence electrons. The molecule has 0 unspecified atom stereocenters. The van der Waals surface area contributed by atoms with Crippen LogP contribution < -0.4 is 9.80 Å². The Morgan fingerprint density at radius 3 is 2.32 bits per heavy atom. The number of quaternary nitrogens is 1. The Kier molecular flexibility index (Phi) is 4.24. The summed E-state index contributed by atoms with van der Waals surface area (Å²) in [5, 5.41) is 3.36. The third-order valence-electron chi connectivity index (χ3n) is 4.43. The van der Waals surface area contributed by atoms with Gasteiger partial charge in [-0.25, -0.2) is 4.98 Å². The van der Waals surface area contributed by atoms with E-state index < -0.39 is 0 Å². The van der Waals surface area contributed by atoms with E-state index in [1.54, 1.807) is 16.2 Å². The van der Waals surface area contributed by atoms with Crippen LogP contribution in [0.2, 0.25) is 0 Å². The number of hydrogen-bond acceptors (Lipinski definition) is 3. The fourth-order valence-corrected chi connectivity index (χ4v) is 3.65. The number of hydrogen-bond donors (Lipinski definition) is 1. The Morgan fingerprint density at radius 2 is 1.73 bits per heavy atom. The molecule has 0 spiro atoms. The van der Waals surface area contributed by atoms with E-state index in [9.17, 15) is 0 Å². The standard InChI is InChI=1S/C18H25N3S/c1-18(2,3)15-7-5-14(6-8-15)16-13-22-17(19-16)21-11-9-20(4)10-12-21/h5-8,13H,9-12H2,1-4H3/p+1. The van der Waals surface area contributed by atoms with Gasteiger partial charge in [0.15, 0.2) is 5.13 Å². The molecule has 0 aliphatic carbocycles. The van der Waals surface area contributed by atoms with E-state index in [1.165, 1.54) is 29.3 Å². The molecule has 3 rings (SSSR count). The van der Waals surface area contributed by atoms with Crippen LogP contribution in [0.4, 0.5) is 5.13 Å². The molecular weight excluding hydrogens is 290 g/mol. The second kappa shape index (κ2) is 6.01. The van der Waals surface area contributed by atoms with Gasteiger partial charge in [0, 0.05) is 10.9 Å². The summed E-state index contributed by atoms with van der Waals surface area (Å²) in [4.78, 5) is 8.89. The summed E-state index contributed by atoms with van der Waals surface area (Å²) >= 11 is 1.77. The summed E-state index contributed by atoms with van der Waals surface area (Å²) in [5.41, 5.74) is 3.89. The zero-order chi connectivity index (χ0) is 15.7. The number of likely N-dealkylation sites (N-methyl/N-ethyl adjacent to an activating group) is 1. The van der Waals surface area contributed by atoms with Gasteiger partial charge >= 0.3 is 0 Å². The third kappa shape index (κ3) is 3.33. The van der Waals surface area contributed by atoms with E-state index in [-0.39, 0.29) is 5.41 Å². The van der Waals surface area contributed by atoms with Crippen LogP contribution in [0.15, 0.2) is 29.6 Å². The molecule has 4 heteroatoms. The monoisotopic (exact) mass is 316 g/mol. The van der Waals surface area contributed by atoms with Crippen molar-refractivity contribution in [1.29, 1.82) is 0 Å². The van der Waals surface area contributed by atoms with Crippen molar-refractivity contribution in [3.8, 4) is 11.3 Å². The lowest BCUT2D eigenvalue weighted by molar-refractivity contribution is -0.880. The summed E-state index contributed by atoms with van der Waals surface area (Å²) in [6.45, 7) is 11.4. The minimum atomic E-state index is 0.202. The van der Waals surface area contributed by atoms with E-state index in [0.29, 0.717) is 0 Å². The number of anilines is 1. The minimum Gasteiger partial charge on any atom is -0.337 e. The highest BCUT2D eigenvalue weighted by molar-refractivity contribution is 7.14. The summed E-state index contributed by atoms with van der Waals surface area (Å²) in [7, 11) is 2.27. The molecule has 0 radical (unpaired) electrons. The van der Waals surface area contributed by atoms with Crippen molar-refractivity contribution in [3.63, 3.8) is 0 Å². The first-order chi connectivity index (χ1) is 10.4. The highest BCUT2D eigenvalue weighted by Crippen LogP contribution is 2.29. The van der Waals surface area contributed by atoms with Crippen molar-refractivity contribution >= 4 is 16.5 Å². The van der Waals surface area contributed by atoms with Crippen LogP contribution in [0, 0.1) is 0 Å². The zero-order valence-corrected chi connectivity index (χ0v) is 14.8. The second-order valence-corrected chi connectivity index (χ2v) is 8.12. The molecule has 1 aromatic carbocycles. The highest BCUT2D eigenvalue weighted by atomic mass is 32.1. The van der Waals surface area contributed by atoms with E-state index >= 15 is 0 Å². The van der Waals surface area contributed by atoms with Crippen molar-refractivity contribution in [2.75, 3.05) is 38.1 Å². The fraction of sp³-hybridized carbons (Fsp3) is 0.500. The van der Waals surface area contributed by atoms with Crippen molar-refractivity contribution in [2.24, 2.45) is 0 Å². The molecule has 2 aromatic rings. The minimum absolute atomic E-state index is 0.202. The van der Waals surface area contributed by atoms with Crippen molar-refractivity contribution in [3.05, 3.63) is 35.2 Å². The third-order valence-corrected chi connectivity index (χ3v) is 5.33. The highest BCUT2D eigenvalue weighted by Gasteiger charge is 2.20. The molecule has 0 amide bonds. The van der Waals surface area contributed by atoms with Crippen LogP contribution in [-0.2, 0) is 5.41 Å². The number of nitrogens with zero attached hydrogens (tertiary/aromatic N) is 2.